The maximum Gasteiger partial charge on any atom is 0.417 e. The number of halogens is 3. The standard InChI is InChI=1S/C18H20F3N3O/c1-13-10-16(4-7-22-13)25-12-14-5-8-24(9-6-14)17-3-2-15(11-23-17)18(19,20)21/h2-4,7,10-11,14H,5-6,8-9,12H2,1H3. The largest absolute Gasteiger partial charge is 0.493 e. The van der Waals surface area contributed by atoms with Crippen LogP contribution < -0.4 is 9.64 Å². The van der Waals surface area contributed by atoms with Crippen LogP contribution in [0.4, 0.5) is 19.0 Å². The Hall–Kier alpha value is -2.31. The lowest BCUT2D eigenvalue weighted by Gasteiger charge is -2.32. The average Bonchev–Trinajstić information content (AvgIpc) is 2.60. The quantitative estimate of drug-likeness (QED) is 0.831. The van der Waals surface area contributed by atoms with Gasteiger partial charge in [-0.15, -0.1) is 0 Å². The summed E-state index contributed by atoms with van der Waals surface area (Å²) in [6.07, 6.45) is 0.126. The second-order valence-corrected chi connectivity index (χ2v) is 6.28. The molecule has 3 rings (SSSR count). The van der Waals surface area contributed by atoms with E-state index in [9.17, 15) is 13.2 Å². The molecule has 2 aromatic rings. The Labute approximate surface area is 144 Å². The number of rotatable bonds is 4. The van der Waals surface area contributed by atoms with Crippen LogP contribution in [0.3, 0.4) is 0 Å². The van der Waals surface area contributed by atoms with Gasteiger partial charge >= 0.3 is 6.18 Å². The highest BCUT2D eigenvalue weighted by atomic mass is 19.4. The summed E-state index contributed by atoms with van der Waals surface area (Å²) in [6.45, 7) is 4.09. The van der Waals surface area contributed by atoms with Crippen LogP contribution in [0.2, 0.25) is 0 Å². The van der Waals surface area contributed by atoms with Crippen molar-refractivity contribution in [1.82, 2.24) is 9.97 Å². The summed E-state index contributed by atoms with van der Waals surface area (Å²) in [4.78, 5) is 10.1. The molecule has 25 heavy (non-hydrogen) atoms. The molecular weight excluding hydrogens is 331 g/mol. The molecule has 7 heteroatoms. The summed E-state index contributed by atoms with van der Waals surface area (Å²) in [5.41, 5.74) is 0.202. The number of hydrogen-bond donors (Lipinski definition) is 0. The first-order valence-corrected chi connectivity index (χ1v) is 8.25. The average molecular weight is 351 g/mol. The van der Waals surface area contributed by atoms with Crippen LogP contribution in [0.1, 0.15) is 24.1 Å². The fraction of sp³-hybridized carbons (Fsp3) is 0.444. The van der Waals surface area contributed by atoms with E-state index in [-0.39, 0.29) is 0 Å². The van der Waals surface area contributed by atoms with Gasteiger partial charge in [0.25, 0.3) is 0 Å². The smallest absolute Gasteiger partial charge is 0.417 e. The number of nitrogens with zero attached hydrogens (tertiary/aromatic N) is 3. The SMILES string of the molecule is Cc1cc(OCC2CCN(c3ccc(C(F)(F)F)cn3)CC2)ccn1. The fourth-order valence-electron chi connectivity index (χ4n) is 2.89. The highest BCUT2D eigenvalue weighted by Gasteiger charge is 2.31. The van der Waals surface area contributed by atoms with E-state index in [1.54, 1.807) is 6.20 Å². The molecule has 0 aliphatic carbocycles. The van der Waals surface area contributed by atoms with Crippen molar-refractivity contribution in [2.75, 3.05) is 24.6 Å². The molecule has 3 heterocycles. The minimum Gasteiger partial charge on any atom is -0.493 e. The Morgan fingerprint density at radius 3 is 2.52 bits per heavy atom. The van der Waals surface area contributed by atoms with Gasteiger partial charge in [0.15, 0.2) is 0 Å². The molecule has 0 radical (unpaired) electrons. The highest BCUT2D eigenvalue weighted by molar-refractivity contribution is 5.40. The molecular formula is C18H20F3N3O. The van der Waals surface area contributed by atoms with E-state index >= 15 is 0 Å². The minimum atomic E-state index is -4.35. The highest BCUT2D eigenvalue weighted by Crippen LogP contribution is 2.30. The number of ether oxygens (including phenoxy) is 1. The van der Waals surface area contributed by atoms with Gasteiger partial charge < -0.3 is 9.64 Å². The molecule has 0 N–H and O–H groups in total. The van der Waals surface area contributed by atoms with E-state index in [0.29, 0.717) is 18.3 Å². The zero-order valence-corrected chi connectivity index (χ0v) is 14.0. The predicted octanol–water partition coefficient (Wildman–Crippen LogP) is 4.10. The van der Waals surface area contributed by atoms with Crippen molar-refractivity contribution in [3.05, 3.63) is 47.9 Å². The molecule has 0 amide bonds. The fourth-order valence-corrected chi connectivity index (χ4v) is 2.89. The van der Waals surface area contributed by atoms with Gasteiger partial charge in [-0.05, 0) is 43.9 Å². The second kappa shape index (κ2) is 7.29. The van der Waals surface area contributed by atoms with Gasteiger partial charge in [0, 0.05) is 37.2 Å². The molecule has 0 atom stereocenters. The third kappa shape index (κ3) is 4.61. The Kier molecular flexibility index (Phi) is 5.11. The Balaban J connectivity index is 1.50. The van der Waals surface area contributed by atoms with Crippen molar-refractivity contribution in [3.8, 4) is 5.75 Å². The number of piperidine rings is 1. The number of aromatic nitrogens is 2. The second-order valence-electron chi connectivity index (χ2n) is 6.28. The first-order chi connectivity index (χ1) is 11.9. The molecule has 1 aliphatic rings. The van der Waals surface area contributed by atoms with Crippen molar-refractivity contribution in [2.45, 2.75) is 25.9 Å². The molecule has 0 unspecified atom stereocenters. The molecule has 0 bridgehead atoms. The van der Waals surface area contributed by atoms with Crippen molar-refractivity contribution >= 4 is 5.82 Å². The van der Waals surface area contributed by atoms with Crippen molar-refractivity contribution in [2.24, 2.45) is 5.92 Å². The summed E-state index contributed by atoms with van der Waals surface area (Å²) in [5, 5.41) is 0. The first-order valence-electron chi connectivity index (χ1n) is 8.25. The van der Waals surface area contributed by atoms with Crippen LogP contribution in [0.15, 0.2) is 36.7 Å². The van der Waals surface area contributed by atoms with Gasteiger partial charge in [-0.1, -0.05) is 0 Å². The van der Waals surface area contributed by atoms with Crippen LogP contribution in [0.5, 0.6) is 5.75 Å². The molecule has 0 saturated carbocycles. The van der Waals surface area contributed by atoms with Gasteiger partial charge in [0.1, 0.15) is 11.6 Å². The molecule has 4 nitrogen and oxygen atoms in total. The Morgan fingerprint density at radius 2 is 1.92 bits per heavy atom. The number of alkyl halides is 3. The zero-order chi connectivity index (χ0) is 17.9. The third-order valence-corrected chi connectivity index (χ3v) is 4.37. The van der Waals surface area contributed by atoms with E-state index in [2.05, 4.69) is 9.97 Å². The van der Waals surface area contributed by atoms with Gasteiger partial charge in [-0.3, -0.25) is 4.98 Å². The van der Waals surface area contributed by atoms with Crippen LogP contribution >= 0.6 is 0 Å². The predicted molar refractivity (Wildman–Crippen MR) is 88.6 cm³/mol. The monoisotopic (exact) mass is 351 g/mol. The van der Waals surface area contributed by atoms with Gasteiger partial charge in [-0.25, -0.2) is 4.98 Å². The summed E-state index contributed by atoms with van der Waals surface area (Å²) in [6, 6.07) is 6.28. The lowest BCUT2D eigenvalue weighted by molar-refractivity contribution is -0.137. The molecule has 1 aliphatic heterocycles. The molecule has 0 aromatic carbocycles. The molecule has 1 fully saturated rings. The van der Waals surface area contributed by atoms with Gasteiger partial charge in [-0.2, -0.15) is 13.2 Å². The molecule has 2 aromatic heterocycles. The topological polar surface area (TPSA) is 38.2 Å². The summed E-state index contributed by atoms with van der Waals surface area (Å²) < 4.78 is 43.6. The van der Waals surface area contributed by atoms with Crippen LogP contribution in [-0.4, -0.2) is 29.7 Å². The molecule has 134 valence electrons. The van der Waals surface area contributed by atoms with Crippen molar-refractivity contribution in [1.29, 1.82) is 0 Å². The normalized spacial score (nSPS) is 16.1. The van der Waals surface area contributed by atoms with Gasteiger partial charge in [0.05, 0.1) is 12.2 Å². The Bertz CT molecular complexity index is 695. The third-order valence-electron chi connectivity index (χ3n) is 4.37. The van der Waals surface area contributed by atoms with E-state index < -0.39 is 11.7 Å². The van der Waals surface area contributed by atoms with Crippen molar-refractivity contribution in [3.63, 3.8) is 0 Å². The van der Waals surface area contributed by atoms with E-state index in [1.807, 2.05) is 24.0 Å². The van der Waals surface area contributed by atoms with E-state index in [1.165, 1.54) is 6.07 Å². The van der Waals surface area contributed by atoms with Crippen LogP contribution in [0, 0.1) is 12.8 Å². The van der Waals surface area contributed by atoms with Crippen LogP contribution in [-0.2, 0) is 6.18 Å². The molecule has 0 spiro atoms. The van der Waals surface area contributed by atoms with Crippen molar-refractivity contribution < 1.29 is 17.9 Å². The lowest BCUT2D eigenvalue weighted by Crippen LogP contribution is -2.36. The maximum atomic E-state index is 12.6. The summed E-state index contributed by atoms with van der Waals surface area (Å²) in [5.74, 6) is 1.84. The van der Waals surface area contributed by atoms with E-state index in [0.717, 1.165) is 49.6 Å². The summed E-state index contributed by atoms with van der Waals surface area (Å²) in [7, 11) is 0. The molecule has 1 saturated heterocycles. The van der Waals surface area contributed by atoms with E-state index in [4.69, 9.17) is 4.74 Å². The minimum absolute atomic E-state index is 0.430. The number of aryl methyl sites for hydroxylation is 1. The Morgan fingerprint density at radius 1 is 1.16 bits per heavy atom. The number of pyridine rings is 2. The lowest BCUT2D eigenvalue weighted by atomic mass is 9.98. The maximum absolute atomic E-state index is 12.6. The number of hydrogen-bond acceptors (Lipinski definition) is 4. The number of anilines is 1. The zero-order valence-electron chi connectivity index (χ0n) is 14.0. The summed E-state index contributed by atoms with van der Waals surface area (Å²) >= 11 is 0. The van der Waals surface area contributed by atoms with Gasteiger partial charge in [0.2, 0.25) is 0 Å². The first kappa shape index (κ1) is 17.5. The van der Waals surface area contributed by atoms with Crippen LogP contribution in [0.25, 0.3) is 0 Å².